The summed E-state index contributed by atoms with van der Waals surface area (Å²) in [6.45, 7) is 1.38. The Morgan fingerprint density at radius 3 is 3.09 bits per heavy atom. The maximum Gasteiger partial charge on any atom is 0.146 e. The number of nitrogens with one attached hydrogen (secondary N) is 1. The molecule has 0 spiro atoms. The number of anilines is 1. The third-order valence-electron chi connectivity index (χ3n) is 4.17. The molecule has 1 N–H and O–H groups in total. The van der Waals surface area contributed by atoms with Gasteiger partial charge in [-0.25, -0.2) is 9.97 Å². The van der Waals surface area contributed by atoms with Gasteiger partial charge in [-0.15, -0.1) is 0 Å². The van der Waals surface area contributed by atoms with E-state index in [2.05, 4.69) is 31.0 Å². The molecule has 1 aliphatic rings. The van der Waals surface area contributed by atoms with E-state index in [4.69, 9.17) is 0 Å². The molecule has 4 rings (SSSR count). The van der Waals surface area contributed by atoms with Gasteiger partial charge in [-0.1, -0.05) is 0 Å². The van der Waals surface area contributed by atoms with E-state index in [1.165, 1.54) is 0 Å². The Balaban J connectivity index is 1.77. The Morgan fingerprint density at radius 1 is 1.39 bits per heavy atom. The van der Waals surface area contributed by atoms with Gasteiger partial charge in [-0.05, 0) is 12.1 Å². The molecule has 7 heteroatoms. The molecule has 0 bridgehead atoms. The van der Waals surface area contributed by atoms with Crippen LogP contribution in [0.15, 0.2) is 37.1 Å². The molecular formula is C16H15N7. The van der Waals surface area contributed by atoms with E-state index in [0.717, 1.165) is 23.5 Å². The summed E-state index contributed by atoms with van der Waals surface area (Å²) in [5.41, 5.74) is 3.80. The number of fused-ring (bicyclic) bond motifs is 1. The highest BCUT2D eigenvalue weighted by Crippen LogP contribution is 2.33. The van der Waals surface area contributed by atoms with Gasteiger partial charge in [0.2, 0.25) is 0 Å². The van der Waals surface area contributed by atoms with E-state index < -0.39 is 0 Å². The minimum absolute atomic E-state index is 0.104. The first-order chi connectivity index (χ1) is 11.3. The van der Waals surface area contributed by atoms with Gasteiger partial charge >= 0.3 is 0 Å². The molecule has 0 radical (unpaired) electrons. The summed E-state index contributed by atoms with van der Waals surface area (Å²) in [6.07, 6.45) is 7.32. The van der Waals surface area contributed by atoms with Gasteiger partial charge in [0.15, 0.2) is 0 Å². The van der Waals surface area contributed by atoms with Crippen molar-refractivity contribution in [1.82, 2.24) is 24.7 Å². The van der Waals surface area contributed by atoms with Gasteiger partial charge in [0.05, 0.1) is 36.0 Å². The molecule has 3 aromatic rings. The number of hydrogen-bond acceptors (Lipinski definition) is 5. The highest BCUT2D eigenvalue weighted by atomic mass is 15.2. The number of aryl methyl sites for hydroxylation is 1. The fourth-order valence-corrected chi connectivity index (χ4v) is 3.10. The van der Waals surface area contributed by atoms with Crippen LogP contribution < -0.4 is 4.90 Å². The molecule has 0 fully saturated rings. The SMILES string of the molecule is Cn1cc(C2CN(c3ncccc3C#N)Cc3[nH]cnc32)cn1. The lowest BCUT2D eigenvalue weighted by molar-refractivity contribution is 0.638. The van der Waals surface area contributed by atoms with Crippen LogP contribution in [-0.4, -0.2) is 31.3 Å². The van der Waals surface area contributed by atoms with Crippen molar-refractivity contribution in [3.05, 3.63) is 59.6 Å². The van der Waals surface area contributed by atoms with Crippen molar-refractivity contribution in [2.24, 2.45) is 7.05 Å². The first kappa shape index (κ1) is 13.5. The second-order valence-electron chi connectivity index (χ2n) is 5.63. The molecule has 0 aliphatic carbocycles. The highest BCUT2D eigenvalue weighted by molar-refractivity contribution is 5.55. The summed E-state index contributed by atoms with van der Waals surface area (Å²) in [4.78, 5) is 14.2. The number of pyridine rings is 1. The normalized spacial score (nSPS) is 16.9. The van der Waals surface area contributed by atoms with Crippen LogP contribution in [0.4, 0.5) is 5.82 Å². The summed E-state index contributed by atoms with van der Waals surface area (Å²) in [7, 11) is 1.90. The fraction of sp³-hybridized carbons (Fsp3) is 0.250. The van der Waals surface area contributed by atoms with Crippen LogP contribution >= 0.6 is 0 Å². The monoisotopic (exact) mass is 305 g/mol. The van der Waals surface area contributed by atoms with Crippen LogP contribution in [0.3, 0.4) is 0 Å². The Kier molecular flexibility index (Phi) is 3.08. The van der Waals surface area contributed by atoms with Gasteiger partial charge in [0.25, 0.3) is 0 Å². The summed E-state index contributed by atoms with van der Waals surface area (Å²) < 4.78 is 1.79. The molecule has 114 valence electrons. The molecule has 23 heavy (non-hydrogen) atoms. The Labute approximate surface area is 133 Å². The van der Waals surface area contributed by atoms with Crippen molar-refractivity contribution in [2.75, 3.05) is 11.4 Å². The second kappa shape index (κ2) is 5.25. The number of imidazole rings is 1. The lowest BCUT2D eigenvalue weighted by atomic mass is 9.93. The van der Waals surface area contributed by atoms with Crippen LogP contribution in [0.5, 0.6) is 0 Å². The molecule has 1 atom stereocenters. The number of aromatic amines is 1. The minimum Gasteiger partial charge on any atom is -0.349 e. The zero-order chi connectivity index (χ0) is 15.8. The number of nitrogens with zero attached hydrogens (tertiary/aromatic N) is 6. The number of hydrogen-bond donors (Lipinski definition) is 1. The number of H-pyrrole nitrogens is 1. The molecule has 0 saturated heterocycles. The fourth-order valence-electron chi connectivity index (χ4n) is 3.10. The third-order valence-corrected chi connectivity index (χ3v) is 4.17. The molecule has 4 heterocycles. The highest BCUT2D eigenvalue weighted by Gasteiger charge is 2.31. The molecule has 7 nitrogen and oxygen atoms in total. The first-order valence-electron chi connectivity index (χ1n) is 7.37. The van der Waals surface area contributed by atoms with E-state index in [9.17, 15) is 5.26 Å². The Bertz CT molecular complexity index is 886. The number of nitriles is 1. The predicted octanol–water partition coefficient (Wildman–Crippen LogP) is 1.56. The predicted molar refractivity (Wildman–Crippen MR) is 83.6 cm³/mol. The van der Waals surface area contributed by atoms with E-state index >= 15 is 0 Å². The smallest absolute Gasteiger partial charge is 0.146 e. The standard InChI is InChI=1S/C16H15N7/c1-22-7-12(6-21-22)13-8-23(9-14-15(13)20-10-19-14)16-11(5-17)3-2-4-18-16/h2-4,6-7,10,13H,8-9H2,1H3,(H,19,20). The lowest BCUT2D eigenvalue weighted by Gasteiger charge is -2.32. The summed E-state index contributed by atoms with van der Waals surface area (Å²) >= 11 is 0. The van der Waals surface area contributed by atoms with Crippen LogP contribution in [0.2, 0.25) is 0 Å². The maximum atomic E-state index is 9.34. The molecule has 0 saturated carbocycles. The quantitative estimate of drug-likeness (QED) is 0.776. The largest absolute Gasteiger partial charge is 0.349 e. The van der Waals surface area contributed by atoms with E-state index in [0.29, 0.717) is 17.9 Å². The Hall–Kier alpha value is -3.14. The molecule has 0 aromatic carbocycles. The molecule has 3 aromatic heterocycles. The average Bonchev–Trinajstić information content (AvgIpc) is 3.22. The van der Waals surface area contributed by atoms with Gasteiger partial charge in [-0.3, -0.25) is 4.68 Å². The second-order valence-corrected chi connectivity index (χ2v) is 5.63. The molecule has 0 amide bonds. The minimum atomic E-state index is 0.104. The zero-order valence-electron chi connectivity index (χ0n) is 12.6. The van der Waals surface area contributed by atoms with Gasteiger partial charge in [0.1, 0.15) is 11.9 Å². The van der Waals surface area contributed by atoms with Crippen molar-refractivity contribution < 1.29 is 0 Å². The topological polar surface area (TPSA) is 86.4 Å². The average molecular weight is 305 g/mol. The van der Waals surface area contributed by atoms with Crippen molar-refractivity contribution >= 4 is 5.82 Å². The van der Waals surface area contributed by atoms with Gasteiger partial charge in [0, 0.05) is 37.5 Å². The van der Waals surface area contributed by atoms with Crippen molar-refractivity contribution in [1.29, 1.82) is 5.26 Å². The molecular weight excluding hydrogens is 290 g/mol. The van der Waals surface area contributed by atoms with Crippen LogP contribution in [0, 0.1) is 11.3 Å². The third kappa shape index (κ3) is 2.25. The van der Waals surface area contributed by atoms with E-state index in [-0.39, 0.29) is 5.92 Å². The van der Waals surface area contributed by atoms with Crippen molar-refractivity contribution in [3.8, 4) is 6.07 Å². The van der Waals surface area contributed by atoms with Crippen molar-refractivity contribution in [2.45, 2.75) is 12.5 Å². The zero-order valence-corrected chi connectivity index (χ0v) is 12.6. The molecule has 1 unspecified atom stereocenters. The van der Waals surface area contributed by atoms with Crippen LogP contribution in [-0.2, 0) is 13.6 Å². The van der Waals surface area contributed by atoms with Crippen molar-refractivity contribution in [3.63, 3.8) is 0 Å². The van der Waals surface area contributed by atoms with Gasteiger partial charge in [-0.2, -0.15) is 10.4 Å². The number of aromatic nitrogens is 5. The number of rotatable bonds is 2. The van der Waals surface area contributed by atoms with Crippen LogP contribution in [0.1, 0.15) is 28.4 Å². The first-order valence-corrected chi connectivity index (χ1v) is 7.37. The maximum absolute atomic E-state index is 9.34. The van der Waals surface area contributed by atoms with Crippen LogP contribution in [0.25, 0.3) is 0 Å². The summed E-state index contributed by atoms with van der Waals surface area (Å²) in [5.74, 6) is 0.816. The summed E-state index contributed by atoms with van der Waals surface area (Å²) in [5, 5.41) is 13.6. The molecule has 1 aliphatic heterocycles. The van der Waals surface area contributed by atoms with E-state index in [1.807, 2.05) is 19.4 Å². The lowest BCUT2D eigenvalue weighted by Crippen LogP contribution is -2.35. The van der Waals surface area contributed by atoms with Gasteiger partial charge < -0.3 is 9.88 Å². The van der Waals surface area contributed by atoms with E-state index in [1.54, 1.807) is 29.3 Å². The Morgan fingerprint density at radius 2 is 2.30 bits per heavy atom. The summed E-state index contributed by atoms with van der Waals surface area (Å²) in [6, 6.07) is 5.80.